The quantitative estimate of drug-likeness (QED) is 0.436. The fraction of sp³-hybridized carbons (Fsp3) is 0.409. The molecule has 2 unspecified atom stereocenters. The second-order valence-corrected chi connectivity index (χ2v) is 10.7. The molecule has 1 aliphatic heterocycles. The Morgan fingerprint density at radius 1 is 1.41 bits per heavy atom. The van der Waals surface area contributed by atoms with E-state index in [9.17, 15) is 9.18 Å². The molecule has 3 aromatic heterocycles. The average molecular weight is 495 g/mol. The van der Waals surface area contributed by atoms with Crippen LogP contribution in [0, 0.1) is 11.2 Å². The lowest BCUT2D eigenvalue weighted by Crippen LogP contribution is -2.50. The number of nitrogens with one attached hydrogen (secondary N) is 1. The number of methoxy groups -OCH3 is 1. The Morgan fingerprint density at radius 3 is 2.91 bits per heavy atom. The van der Waals surface area contributed by atoms with Gasteiger partial charge in [0.2, 0.25) is 0 Å². The van der Waals surface area contributed by atoms with Gasteiger partial charge in [-0.15, -0.1) is 22.7 Å². The summed E-state index contributed by atoms with van der Waals surface area (Å²) in [7, 11) is 1.39. The zero-order chi connectivity index (χ0) is 22.7. The summed E-state index contributed by atoms with van der Waals surface area (Å²) in [4.78, 5) is 25.1. The summed E-state index contributed by atoms with van der Waals surface area (Å²) in [5.41, 5.74) is -0.576. The Hall–Kier alpha value is -2.07. The summed E-state index contributed by atoms with van der Waals surface area (Å²) in [5.74, 6) is -0.250. The summed E-state index contributed by atoms with van der Waals surface area (Å²) in [5, 5.41) is 5.61. The molecule has 0 aromatic carbocycles. The molecular formula is C22H24ClFN4O2S2. The molecule has 0 aliphatic carbocycles. The van der Waals surface area contributed by atoms with Crippen molar-refractivity contribution in [3.8, 4) is 0 Å². The molecule has 1 saturated heterocycles. The smallest absolute Gasteiger partial charge is 0.312 e. The van der Waals surface area contributed by atoms with Crippen molar-refractivity contribution >= 4 is 51.2 Å². The van der Waals surface area contributed by atoms with E-state index in [1.54, 1.807) is 23.6 Å². The number of anilines is 2. The normalized spacial score (nSPS) is 21.4. The zero-order valence-electron chi connectivity index (χ0n) is 17.8. The molecule has 0 amide bonds. The van der Waals surface area contributed by atoms with Gasteiger partial charge < -0.3 is 10.1 Å². The van der Waals surface area contributed by atoms with Gasteiger partial charge in [-0.05, 0) is 50.6 Å². The van der Waals surface area contributed by atoms with Crippen LogP contribution in [0.4, 0.5) is 15.3 Å². The van der Waals surface area contributed by atoms with Crippen molar-refractivity contribution in [2.75, 3.05) is 19.0 Å². The number of halogens is 2. The number of thiophene rings is 1. The molecule has 4 heterocycles. The van der Waals surface area contributed by atoms with E-state index in [1.807, 2.05) is 17.5 Å². The fourth-order valence-electron chi connectivity index (χ4n) is 4.27. The number of likely N-dealkylation sites (tertiary alicyclic amines) is 1. The van der Waals surface area contributed by atoms with Crippen LogP contribution in [0.5, 0.6) is 0 Å². The van der Waals surface area contributed by atoms with Gasteiger partial charge in [0.15, 0.2) is 5.13 Å². The molecule has 32 heavy (non-hydrogen) atoms. The van der Waals surface area contributed by atoms with Gasteiger partial charge in [0.1, 0.15) is 11.6 Å². The number of ether oxygens (including phenoxy) is 1. The van der Waals surface area contributed by atoms with Gasteiger partial charge in [-0.1, -0.05) is 11.6 Å². The predicted octanol–water partition coefficient (Wildman–Crippen LogP) is 5.52. The van der Waals surface area contributed by atoms with Gasteiger partial charge in [-0.2, -0.15) is 0 Å². The number of thiazole rings is 1. The van der Waals surface area contributed by atoms with Gasteiger partial charge in [0.05, 0.1) is 22.6 Å². The van der Waals surface area contributed by atoms with Crippen molar-refractivity contribution in [2.24, 2.45) is 5.41 Å². The highest BCUT2D eigenvalue weighted by Crippen LogP contribution is 2.40. The van der Waals surface area contributed by atoms with Crippen LogP contribution in [0.2, 0.25) is 4.34 Å². The van der Waals surface area contributed by atoms with Crippen molar-refractivity contribution in [1.82, 2.24) is 14.9 Å². The molecule has 2 atom stereocenters. The molecule has 1 N–H and O–H groups in total. The zero-order valence-corrected chi connectivity index (χ0v) is 20.2. The molecule has 3 aromatic rings. The van der Waals surface area contributed by atoms with E-state index in [2.05, 4.69) is 27.1 Å². The first-order chi connectivity index (χ1) is 15.4. The topological polar surface area (TPSA) is 67.3 Å². The first kappa shape index (κ1) is 23.1. The highest BCUT2D eigenvalue weighted by Gasteiger charge is 2.46. The number of rotatable bonds is 7. The highest BCUT2D eigenvalue weighted by molar-refractivity contribution is 7.16. The van der Waals surface area contributed by atoms with E-state index in [4.69, 9.17) is 16.3 Å². The van der Waals surface area contributed by atoms with Gasteiger partial charge in [0, 0.05) is 35.5 Å². The molecule has 0 spiro atoms. The number of aromatic nitrogens is 2. The van der Waals surface area contributed by atoms with Gasteiger partial charge in [0.25, 0.3) is 0 Å². The second kappa shape index (κ2) is 9.82. The Balaban J connectivity index is 1.53. The first-order valence-electron chi connectivity index (χ1n) is 10.3. The number of carbonyl (C=O) groups is 1. The molecule has 1 fully saturated rings. The lowest BCUT2D eigenvalue weighted by molar-refractivity contribution is -0.157. The molecule has 170 valence electrons. The monoisotopic (exact) mass is 494 g/mol. The van der Waals surface area contributed by atoms with E-state index < -0.39 is 11.2 Å². The third kappa shape index (κ3) is 5.11. The standard InChI is InChI=1S/C22H24ClFN4O2S2/c1-14-11-22(20(29)30-2,7-9-28(14)13-15-3-5-18(23)32-15)12-17-16(24)4-6-19(26-17)27-21-25-8-10-31-21/h3-6,8,10,14H,7,9,11-13H2,1-2H3,(H,25,26,27). The summed E-state index contributed by atoms with van der Waals surface area (Å²) >= 11 is 9.06. The number of carbonyl (C=O) groups excluding carboxylic acids is 1. The van der Waals surface area contributed by atoms with Gasteiger partial charge >= 0.3 is 5.97 Å². The van der Waals surface area contributed by atoms with Crippen LogP contribution in [0.3, 0.4) is 0 Å². The van der Waals surface area contributed by atoms with E-state index in [-0.39, 0.29) is 24.1 Å². The number of hydrogen-bond acceptors (Lipinski definition) is 8. The Kier molecular flexibility index (Phi) is 7.09. The number of pyridine rings is 1. The minimum absolute atomic E-state index is 0.114. The lowest BCUT2D eigenvalue weighted by atomic mass is 9.72. The molecule has 0 radical (unpaired) electrons. The predicted molar refractivity (Wildman–Crippen MR) is 126 cm³/mol. The van der Waals surface area contributed by atoms with Crippen molar-refractivity contribution < 1.29 is 13.9 Å². The average Bonchev–Trinajstić information content (AvgIpc) is 3.43. The van der Waals surface area contributed by atoms with Crippen molar-refractivity contribution in [3.05, 3.63) is 56.6 Å². The molecule has 0 bridgehead atoms. The summed E-state index contributed by atoms with van der Waals surface area (Å²) in [6.07, 6.45) is 2.99. The Labute approximate surface area is 199 Å². The van der Waals surface area contributed by atoms with Crippen molar-refractivity contribution in [1.29, 1.82) is 0 Å². The third-order valence-corrected chi connectivity index (χ3v) is 7.79. The van der Waals surface area contributed by atoms with E-state index in [0.29, 0.717) is 30.3 Å². The van der Waals surface area contributed by atoms with Crippen LogP contribution < -0.4 is 5.32 Å². The van der Waals surface area contributed by atoms with Crippen molar-refractivity contribution in [3.63, 3.8) is 0 Å². The lowest BCUT2D eigenvalue weighted by Gasteiger charge is -2.43. The van der Waals surface area contributed by atoms with Crippen LogP contribution in [0.1, 0.15) is 30.3 Å². The number of piperidine rings is 1. The third-order valence-electron chi connectivity index (χ3n) is 5.89. The Bertz CT molecular complexity index is 1080. The number of hydrogen-bond donors (Lipinski definition) is 1. The maximum atomic E-state index is 14.7. The maximum Gasteiger partial charge on any atom is 0.312 e. The largest absolute Gasteiger partial charge is 0.469 e. The first-order valence-corrected chi connectivity index (χ1v) is 12.3. The second-order valence-electron chi connectivity index (χ2n) is 8.02. The highest BCUT2D eigenvalue weighted by atomic mass is 35.5. The summed E-state index contributed by atoms with van der Waals surface area (Å²) in [6, 6.07) is 6.99. The van der Waals surface area contributed by atoms with Crippen LogP contribution >= 0.6 is 34.3 Å². The van der Waals surface area contributed by atoms with Gasteiger partial charge in [-0.25, -0.2) is 14.4 Å². The van der Waals surface area contributed by atoms with Crippen LogP contribution in [-0.2, 0) is 22.5 Å². The molecule has 1 aliphatic rings. The SMILES string of the molecule is COC(=O)C1(Cc2nc(Nc3nccs3)ccc2F)CCN(Cc2ccc(Cl)s2)C(C)C1. The van der Waals surface area contributed by atoms with Crippen LogP contribution in [0.25, 0.3) is 0 Å². The van der Waals surface area contributed by atoms with Crippen LogP contribution in [-0.4, -0.2) is 40.5 Å². The van der Waals surface area contributed by atoms with E-state index >= 15 is 0 Å². The van der Waals surface area contributed by atoms with Crippen LogP contribution in [0.15, 0.2) is 35.8 Å². The summed E-state index contributed by atoms with van der Waals surface area (Å²) < 4.78 is 20.7. The number of esters is 1. The van der Waals surface area contributed by atoms with E-state index in [0.717, 1.165) is 10.9 Å². The minimum atomic E-state index is -0.828. The molecular weight excluding hydrogens is 471 g/mol. The molecule has 10 heteroatoms. The van der Waals surface area contributed by atoms with E-state index in [1.165, 1.54) is 29.4 Å². The fourth-order valence-corrected chi connectivity index (χ4v) is 5.92. The van der Waals surface area contributed by atoms with Crippen molar-refractivity contribution in [2.45, 2.75) is 38.8 Å². The Morgan fingerprint density at radius 2 is 2.25 bits per heavy atom. The molecule has 0 saturated carbocycles. The maximum absolute atomic E-state index is 14.7. The summed E-state index contributed by atoms with van der Waals surface area (Å²) in [6.45, 7) is 3.57. The van der Waals surface area contributed by atoms with Gasteiger partial charge in [-0.3, -0.25) is 9.69 Å². The molecule has 6 nitrogen and oxygen atoms in total. The minimum Gasteiger partial charge on any atom is -0.469 e. The molecule has 4 rings (SSSR count). The number of nitrogens with zero attached hydrogens (tertiary/aromatic N) is 3.